The van der Waals surface area contributed by atoms with Crippen LogP contribution in [0.3, 0.4) is 0 Å². The molecule has 1 amide bonds. The number of hydrogen-bond acceptors (Lipinski definition) is 3. The minimum atomic E-state index is 0. The third-order valence-corrected chi connectivity index (χ3v) is 6.31. The van der Waals surface area contributed by atoms with Gasteiger partial charge in [-0.05, 0) is 75.0 Å². The second-order valence-electron chi connectivity index (χ2n) is 8.48. The quantitative estimate of drug-likeness (QED) is 0.756. The topological polar surface area (TPSA) is 50.4 Å². The lowest BCUT2D eigenvalue weighted by molar-refractivity contribution is -0.122. The van der Waals surface area contributed by atoms with Crippen LogP contribution in [0.15, 0.2) is 24.3 Å². The molecule has 2 unspecified atom stereocenters. The van der Waals surface area contributed by atoms with Crippen molar-refractivity contribution in [2.24, 2.45) is 5.92 Å². The van der Waals surface area contributed by atoms with Crippen LogP contribution in [0.4, 0.5) is 0 Å². The van der Waals surface area contributed by atoms with Gasteiger partial charge in [0.1, 0.15) is 5.75 Å². The zero-order valence-electron chi connectivity index (χ0n) is 16.1. The summed E-state index contributed by atoms with van der Waals surface area (Å²) >= 11 is 0. The number of amides is 1. The van der Waals surface area contributed by atoms with Crippen molar-refractivity contribution in [3.8, 4) is 5.75 Å². The van der Waals surface area contributed by atoms with Gasteiger partial charge < -0.3 is 15.4 Å². The Bertz CT molecular complexity index is 589. The predicted octanol–water partition coefficient (Wildman–Crippen LogP) is 4.36. The lowest BCUT2D eigenvalue weighted by atomic mass is 9.89. The molecular weight excluding hydrogens is 360 g/mol. The smallest absolute Gasteiger partial charge is 0.220 e. The molecule has 2 atom stereocenters. The van der Waals surface area contributed by atoms with Gasteiger partial charge in [-0.2, -0.15) is 0 Å². The van der Waals surface area contributed by atoms with Gasteiger partial charge in [-0.1, -0.05) is 18.6 Å². The molecule has 2 bridgehead atoms. The van der Waals surface area contributed by atoms with Crippen molar-refractivity contribution in [3.63, 3.8) is 0 Å². The number of piperidine rings is 1. The first-order valence-electron chi connectivity index (χ1n) is 10.5. The van der Waals surface area contributed by atoms with Gasteiger partial charge in [-0.15, -0.1) is 12.4 Å². The Balaban J connectivity index is 0.00000210. The Kier molecular flexibility index (Phi) is 7.42. The van der Waals surface area contributed by atoms with Crippen molar-refractivity contribution in [2.75, 3.05) is 0 Å². The average molecular weight is 393 g/mol. The highest BCUT2D eigenvalue weighted by molar-refractivity contribution is 5.85. The Labute approximate surface area is 169 Å². The number of rotatable bonds is 6. The van der Waals surface area contributed by atoms with E-state index >= 15 is 0 Å². The van der Waals surface area contributed by atoms with Gasteiger partial charge in [0.15, 0.2) is 0 Å². The van der Waals surface area contributed by atoms with E-state index in [1.165, 1.54) is 44.9 Å². The van der Waals surface area contributed by atoms with Crippen LogP contribution in [0.2, 0.25) is 0 Å². The van der Waals surface area contributed by atoms with Gasteiger partial charge in [0.2, 0.25) is 5.91 Å². The van der Waals surface area contributed by atoms with Crippen molar-refractivity contribution in [1.29, 1.82) is 0 Å². The summed E-state index contributed by atoms with van der Waals surface area (Å²) in [6, 6.07) is 9.54. The molecule has 3 aliphatic rings. The van der Waals surface area contributed by atoms with Crippen LogP contribution in [0.5, 0.6) is 5.75 Å². The second kappa shape index (κ2) is 9.79. The molecule has 27 heavy (non-hydrogen) atoms. The molecule has 0 spiro atoms. The zero-order valence-corrected chi connectivity index (χ0v) is 16.9. The van der Waals surface area contributed by atoms with E-state index < -0.39 is 0 Å². The largest absolute Gasteiger partial charge is 0.490 e. The molecule has 1 aromatic rings. The van der Waals surface area contributed by atoms with E-state index in [2.05, 4.69) is 22.8 Å². The highest BCUT2D eigenvalue weighted by atomic mass is 35.5. The van der Waals surface area contributed by atoms with E-state index in [0.717, 1.165) is 24.2 Å². The molecule has 2 saturated heterocycles. The molecule has 5 heteroatoms. The van der Waals surface area contributed by atoms with E-state index in [1.54, 1.807) is 0 Å². The van der Waals surface area contributed by atoms with Gasteiger partial charge in [0, 0.05) is 25.0 Å². The molecule has 4 rings (SSSR count). The van der Waals surface area contributed by atoms with E-state index in [0.29, 0.717) is 37.1 Å². The fourth-order valence-corrected chi connectivity index (χ4v) is 4.94. The van der Waals surface area contributed by atoms with Crippen LogP contribution in [-0.2, 0) is 11.3 Å². The number of ether oxygens (including phenoxy) is 1. The first-order valence-corrected chi connectivity index (χ1v) is 10.5. The molecule has 2 N–H and O–H groups in total. The predicted molar refractivity (Wildman–Crippen MR) is 110 cm³/mol. The number of hydrogen-bond donors (Lipinski definition) is 2. The van der Waals surface area contributed by atoms with Crippen LogP contribution in [0, 0.1) is 5.92 Å². The van der Waals surface area contributed by atoms with Crippen molar-refractivity contribution >= 4 is 18.3 Å². The molecule has 2 heterocycles. The third kappa shape index (κ3) is 5.86. The average Bonchev–Trinajstić information content (AvgIpc) is 3.00. The molecule has 1 aliphatic carbocycles. The van der Waals surface area contributed by atoms with Crippen molar-refractivity contribution in [3.05, 3.63) is 29.8 Å². The maximum atomic E-state index is 12.3. The van der Waals surface area contributed by atoms with Gasteiger partial charge in [-0.3, -0.25) is 4.79 Å². The van der Waals surface area contributed by atoms with Crippen LogP contribution in [-0.4, -0.2) is 24.1 Å². The van der Waals surface area contributed by atoms with E-state index in [9.17, 15) is 4.79 Å². The first kappa shape index (κ1) is 20.5. The first-order chi connectivity index (χ1) is 12.7. The minimum Gasteiger partial charge on any atom is -0.490 e. The van der Waals surface area contributed by atoms with Gasteiger partial charge in [0.05, 0.1) is 6.10 Å². The lowest BCUT2D eigenvalue weighted by Gasteiger charge is -2.28. The molecule has 2 aliphatic heterocycles. The molecule has 1 saturated carbocycles. The molecule has 4 nitrogen and oxygen atoms in total. The summed E-state index contributed by atoms with van der Waals surface area (Å²) in [4.78, 5) is 12.3. The number of carbonyl (C=O) groups excluding carboxylic acids is 1. The van der Waals surface area contributed by atoms with Crippen LogP contribution < -0.4 is 15.4 Å². The molecule has 1 aromatic carbocycles. The van der Waals surface area contributed by atoms with Gasteiger partial charge in [0.25, 0.3) is 0 Å². The Morgan fingerprint density at radius 3 is 2.33 bits per heavy atom. The number of nitrogens with one attached hydrogen (secondary N) is 2. The minimum absolute atomic E-state index is 0. The summed E-state index contributed by atoms with van der Waals surface area (Å²) in [5.74, 6) is 1.70. The van der Waals surface area contributed by atoms with E-state index in [-0.39, 0.29) is 18.3 Å². The van der Waals surface area contributed by atoms with Crippen LogP contribution in [0.25, 0.3) is 0 Å². The maximum absolute atomic E-state index is 12.3. The molecule has 150 valence electrons. The summed E-state index contributed by atoms with van der Waals surface area (Å²) in [5, 5.41) is 6.74. The summed E-state index contributed by atoms with van der Waals surface area (Å²) in [6.07, 6.45) is 12.2. The Morgan fingerprint density at radius 1 is 1.00 bits per heavy atom. The lowest BCUT2D eigenvalue weighted by Crippen LogP contribution is -2.39. The molecule has 0 aromatic heterocycles. The monoisotopic (exact) mass is 392 g/mol. The van der Waals surface area contributed by atoms with E-state index in [1.807, 2.05) is 12.1 Å². The fourth-order valence-electron chi connectivity index (χ4n) is 4.94. The number of halogens is 1. The normalized spacial score (nSPS) is 27.6. The highest BCUT2D eigenvalue weighted by Gasteiger charge is 2.34. The summed E-state index contributed by atoms with van der Waals surface area (Å²) in [7, 11) is 0. The second-order valence-corrected chi connectivity index (χ2v) is 8.48. The summed E-state index contributed by atoms with van der Waals surface area (Å²) in [6.45, 7) is 0.611. The Hall–Kier alpha value is -1.26. The number of benzene rings is 1. The standard InChI is InChI=1S/C22H32N2O2.ClH/c25-22(14-17-12-18-8-9-19(13-17)24-18)23-15-16-6-10-21(11-7-16)26-20-4-2-1-3-5-20;/h6-7,10-11,17-20,24H,1-5,8-9,12-15H2,(H,23,25);1H. The number of carbonyl (C=O) groups is 1. The van der Waals surface area contributed by atoms with Crippen molar-refractivity contribution in [2.45, 2.75) is 88.9 Å². The van der Waals surface area contributed by atoms with Crippen LogP contribution >= 0.6 is 12.4 Å². The third-order valence-electron chi connectivity index (χ3n) is 6.31. The van der Waals surface area contributed by atoms with Gasteiger partial charge in [-0.25, -0.2) is 0 Å². The van der Waals surface area contributed by atoms with Crippen LogP contribution in [0.1, 0.15) is 69.8 Å². The SMILES string of the molecule is Cl.O=C(CC1CC2CCC(C1)N2)NCc1ccc(OC2CCCCC2)cc1. The van der Waals surface area contributed by atoms with Crippen molar-refractivity contribution < 1.29 is 9.53 Å². The maximum Gasteiger partial charge on any atom is 0.220 e. The number of fused-ring (bicyclic) bond motifs is 2. The summed E-state index contributed by atoms with van der Waals surface area (Å²) in [5.41, 5.74) is 1.14. The fraction of sp³-hybridized carbons (Fsp3) is 0.682. The molecular formula is C22H33ClN2O2. The zero-order chi connectivity index (χ0) is 17.8. The van der Waals surface area contributed by atoms with Gasteiger partial charge >= 0.3 is 0 Å². The van der Waals surface area contributed by atoms with E-state index in [4.69, 9.17) is 4.74 Å². The van der Waals surface area contributed by atoms with Crippen molar-refractivity contribution in [1.82, 2.24) is 10.6 Å². The Morgan fingerprint density at radius 2 is 1.67 bits per heavy atom. The molecule has 3 fully saturated rings. The highest BCUT2D eigenvalue weighted by Crippen LogP contribution is 2.32. The molecule has 0 radical (unpaired) electrons. The summed E-state index contributed by atoms with van der Waals surface area (Å²) < 4.78 is 6.07.